The molecule has 0 unspecified atom stereocenters. The molecule has 2 aliphatic carbocycles. The quantitative estimate of drug-likeness (QED) is 0.592. The van der Waals surface area contributed by atoms with E-state index in [4.69, 9.17) is 0 Å². The van der Waals surface area contributed by atoms with Crippen LogP contribution in [0.3, 0.4) is 0 Å². The molecule has 0 saturated heterocycles. The molecule has 2 nitrogen and oxygen atoms in total. The second kappa shape index (κ2) is 8.95. The molecule has 3 heteroatoms. The normalized spacial score (nSPS) is 17.0. The third-order valence-electron chi connectivity index (χ3n) is 5.29. The SMILES string of the molecule is C=C=C(c1ccc(F)cc1)N(C)C1=CC(/C(=C\CC)C2CC2)=C(NC)CC=C1. The zero-order chi connectivity index (χ0) is 20.1. The number of hydrogen-bond acceptors (Lipinski definition) is 2. The van der Waals surface area contributed by atoms with E-state index in [9.17, 15) is 4.39 Å². The molecule has 1 saturated carbocycles. The highest BCUT2D eigenvalue weighted by molar-refractivity contribution is 5.66. The van der Waals surface area contributed by atoms with E-state index in [1.165, 1.54) is 41.8 Å². The molecule has 1 aromatic rings. The fourth-order valence-corrected chi connectivity index (χ4v) is 3.66. The summed E-state index contributed by atoms with van der Waals surface area (Å²) >= 11 is 0. The Labute approximate surface area is 168 Å². The van der Waals surface area contributed by atoms with E-state index in [-0.39, 0.29) is 5.82 Å². The van der Waals surface area contributed by atoms with E-state index in [2.05, 4.69) is 53.8 Å². The Kier molecular flexibility index (Phi) is 6.38. The van der Waals surface area contributed by atoms with Crippen molar-refractivity contribution in [3.63, 3.8) is 0 Å². The average molecular weight is 377 g/mol. The maximum absolute atomic E-state index is 13.3. The number of likely N-dealkylation sites (N-methyl/N-ethyl adjacent to an activating group) is 1. The molecular formula is C25H29FN2. The van der Waals surface area contributed by atoms with Gasteiger partial charge in [-0.3, -0.25) is 0 Å². The minimum Gasteiger partial charge on any atom is -0.391 e. The van der Waals surface area contributed by atoms with Gasteiger partial charge in [0.25, 0.3) is 0 Å². The second-order valence-corrected chi connectivity index (χ2v) is 7.25. The van der Waals surface area contributed by atoms with Gasteiger partial charge in [-0.15, -0.1) is 5.73 Å². The van der Waals surface area contributed by atoms with Gasteiger partial charge in [0.05, 0.1) is 5.70 Å². The zero-order valence-corrected chi connectivity index (χ0v) is 17.1. The van der Waals surface area contributed by atoms with Crippen LogP contribution in [0.25, 0.3) is 5.70 Å². The standard InChI is InChI=1S/C25H29FN2/c1-5-8-22(18-11-12-18)23-17-21(9-7-10-24(23)27-3)28(4)25(6-2)19-13-15-20(26)16-14-19/h7-9,13-18,27H,2,5,10-12H2,1,3-4H3/b22-8-. The number of halogens is 1. The number of nitrogens with zero attached hydrogens (tertiary/aromatic N) is 1. The van der Waals surface area contributed by atoms with Crippen molar-refractivity contribution in [3.8, 4) is 0 Å². The molecule has 1 fully saturated rings. The molecule has 0 aromatic heterocycles. The van der Waals surface area contributed by atoms with Crippen LogP contribution in [0.15, 0.2) is 83.4 Å². The number of nitrogens with one attached hydrogen (secondary N) is 1. The predicted octanol–water partition coefficient (Wildman–Crippen LogP) is 5.95. The molecule has 0 atom stereocenters. The van der Waals surface area contributed by atoms with E-state index in [0.717, 1.165) is 29.8 Å². The van der Waals surface area contributed by atoms with Gasteiger partial charge in [-0.2, -0.15) is 0 Å². The molecule has 0 aliphatic heterocycles. The Bertz CT molecular complexity index is 889. The van der Waals surface area contributed by atoms with E-state index < -0.39 is 0 Å². The van der Waals surface area contributed by atoms with Crippen LogP contribution in [0.4, 0.5) is 4.39 Å². The highest BCUT2D eigenvalue weighted by atomic mass is 19.1. The van der Waals surface area contributed by atoms with Crippen LogP contribution in [0.5, 0.6) is 0 Å². The van der Waals surface area contributed by atoms with Gasteiger partial charge in [0.1, 0.15) is 5.82 Å². The van der Waals surface area contributed by atoms with Crippen molar-refractivity contribution in [3.05, 3.63) is 94.8 Å². The number of hydrogen-bond donors (Lipinski definition) is 1. The fraction of sp³-hybridized carbons (Fsp3) is 0.320. The summed E-state index contributed by atoms with van der Waals surface area (Å²) in [7, 11) is 4.01. The molecule has 0 spiro atoms. The zero-order valence-electron chi connectivity index (χ0n) is 17.1. The Balaban J connectivity index is 2.01. The second-order valence-electron chi connectivity index (χ2n) is 7.25. The molecule has 1 N–H and O–H groups in total. The monoisotopic (exact) mass is 376 g/mol. The van der Waals surface area contributed by atoms with Crippen molar-refractivity contribution in [2.45, 2.75) is 32.6 Å². The topological polar surface area (TPSA) is 15.3 Å². The molecule has 0 bridgehead atoms. The number of benzene rings is 1. The number of allylic oxidation sites excluding steroid dienone is 6. The minimum atomic E-state index is -0.244. The lowest BCUT2D eigenvalue weighted by Crippen LogP contribution is -2.15. The lowest BCUT2D eigenvalue weighted by atomic mass is 9.96. The van der Waals surface area contributed by atoms with Gasteiger partial charge in [0.2, 0.25) is 0 Å². The van der Waals surface area contributed by atoms with Gasteiger partial charge in [0, 0.05) is 37.5 Å². The van der Waals surface area contributed by atoms with Crippen LogP contribution in [0.1, 0.15) is 38.2 Å². The van der Waals surface area contributed by atoms with Gasteiger partial charge in [-0.25, -0.2) is 4.39 Å². The summed E-state index contributed by atoms with van der Waals surface area (Å²) in [6, 6.07) is 6.47. The summed E-state index contributed by atoms with van der Waals surface area (Å²) in [4.78, 5) is 2.08. The van der Waals surface area contributed by atoms with Crippen LogP contribution in [-0.2, 0) is 0 Å². The molecule has 3 rings (SSSR count). The first-order valence-electron chi connectivity index (χ1n) is 9.98. The summed E-state index contributed by atoms with van der Waals surface area (Å²) in [5.41, 5.74) is 9.81. The van der Waals surface area contributed by atoms with Gasteiger partial charge in [-0.05, 0) is 72.7 Å². The van der Waals surface area contributed by atoms with Crippen LogP contribution >= 0.6 is 0 Å². The van der Waals surface area contributed by atoms with Crippen molar-refractivity contribution >= 4 is 5.70 Å². The van der Waals surface area contributed by atoms with Crippen LogP contribution < -0.4 is 5.32 Å². The first kappa shape index (κ1) is 20.0. The van der Waals surface area contributed by atoms with Crippen molar-refractivity contribution in [1.29, 1.82) is 0 Å². The molecule has 0 heterocycles. The van der Waals surface area contributed by atoms with E-state index in [1.54, 1.807) is 12.1 Å². The molecule has 0 amide bonds. The smallest absolute Gasteiger partial charge is 0.123 e. The lowest BCUT2D eigenvalue weighted by molar-refractivity contribution is 0.613. The molecule has 1 aromatic carbocycles. The largest absolute Gasteiger partial charge is 0.391 e. The van der Waals surface area contributed by atoms with Crippen molar-refractivity contribution in [2.75, 3.05) is 14.1 Å². The maximum atomic E-state index is 13.3. The molecule has 2 aliphatic rings. The van der Waals surface area contributed by atoms with Crippen LogP contribution in [0.2, 0.25) is 0 Å². The Morgan fingerprint density at radius 2 is 2.04 bits per heavy atom. The molecule has 28 heavy (non-hydrogen) atoms. The summed E-state index contributed by atoms with van der Waals surface area (Å²) < 4.78 is 13.3. The van der Waals surface area contributed by atoms with Gasteiger partial charge in [-0.1, -0.05) is 25.7 Å². The summed E-state index contributed by atoms with van der Waals surface area (Å²) in [6.07, 6.45) is 13.4. The third kappa shape index (κ3) is 4.37. The molecular weight excluding hydrogens is 347 g/mol. The highest BCUT2D eigenvalue weighted by Gasteiger charge is 2.29. The van der Waals surface area contributed by atoms with Crippen molar-refractivity contribution in [1.82, 2.24) is 10.2 Å². The summed E-state index contributed by atoms with van der Waals surface area (Å²) in [6.45, 7) is 6.06. The molecule has 0 radical (unpaired) electrons. The maximum Gasteiger partial charge on any atom is 0.123 e. The summed E-state index contributed by atoms with van der Waals surface area (Å²) in [5, 5.41) is 3.40. The van der Waals surface area contributed by atoms with Crippen molar-refractivity contribution < 1.29 is 4.39 Å². The van der Waals surface area contributed by atoms with Gasteiger partial charge < -0.3 is 10.2 Å². The number of rotatable bonds is 7. The van der Waals surface area contributed by atoms with E-state index in [1.807, 2.05) is 14.1 Å². The third-order valence-corrected chi connectivity index (χ3v) is 5.29. The highest BCUT2D eigenvalue weighted by Crippen LogP contribution is 2.42. The van der Waals surface area contributed by atoms with E-state index >= 15 is 0 Å². The van der Waals surface area contributed by atoms with Crippen LogP contribution in [0, 0.1) is 11.7 Å². The minimum absolute atomic E-state index is 0.244. The van der Waals surface area contributed by atoms with Gasteiger partial charge >= 0.3 is 0 Å². The van der Waals surface area contributed by atoms with Crippen LogP contribution in [-0.4, -0.2) is 19.0 Å². The fourth-order valence-electron chi connectivity index (χ4n) is 3.66. The van der Waals surface area contributed by atoms with Gasteiger partial charge in [0.15, 0.2) is 0 Å². The van der Waals surface area contributed by atoms with E-state index in [0.29, 0.717) is 5.92 Å². The summed E-state index contributed by atoms with van der Waals surface area (Å²) in [5.74, 6) is 0.428. The lowest BCUT2D eigenvalue weighted by Gasteiger charge is -2.23. The average Bonchev–Trinajstić information content (AvgIpc) is 3.54. The molecule has 146 valence electrons. The first-order valence-corrected chi connectivity index (χ1v) is 9.98. The van der Waals surface area contributed by atoms with Crippen molar-refractivity contribution in [2.24, 2.45) is 5.92 Å². The Hall–Kier alpha value is -2.77. The Morgan fingerprint density at radius 1 is 1.32 bits per heavy atom. The first-order chi connectivity index (χ1) is 13.6. The Morgan fingerprint density at radius 3 is 2.61 bits per heavy atom. The predicted molar refractivity (Wildman–Crippen MR) is 116 cm³/mol.